The normalized spacial score (nSPS) is 15.7. The Bertz CT molecular complexity index is 1010. The van der Waals surface area contributed by atoms with Crippen LogP contribution in [0.25, 0.3) is 11.2 Å². The number of hydrogen-bond donors (Lipinski definition) is 7. The highest BCUT2D eigenvalue weighted by molar-refractivity contribution is 7.13. The highest BCUT2D eigenvalue weighted by Gasteiger charge is 2.33. The summed E-state index contributed by atoms with van der Waals surface area (Å²) in [5, 5.41) is 51.2. The van der Waals surface area contributed by atoms with Gasteiger partial charge in [-0.1, -0.05) is 16.3 Å². The average Bonchev–Trinajstić information content (AvgIpc) is 3.30. The third kappa shape index (κ3) is 8.23. The molecular weight excluding hydrogens is 509 g/mol. The van der Waals surface area contributed by atoms with Gasteiger partial charge in [-0.05, 0) is 11.8 Å². The van der Waals surface area contributed by atoms with Crippen LogP contribution < -0.4 is 10.8 Å². The molecule has 2 rings (SSSR count). The van der Waals surface area contributed by atoms with Crippen molar-refractivity contribution in [2.45, 2.75) is 25.6 Å². The van der Waals surface area contributed by atoms with Gasteiger partial charge in [0.2, 0.25) is 5.91 Å². The summed E-state index contributed by atoms with van der Waals surface area (Å²) >= 11 is 0. The van der Waals surface area contributed by atoms with Gasteiger partial charge < -0.3 is 45.5 Å². The summed E-state index contributed by atoms with van der Waals surface area (Å²) in [5.41, 5.74) is 6.43. The van der Waals surface area contributed by atoms with Crippen molar-refractivity contribution < 1.29 is 39.9 Å². The Morgan fingerprint density at radius 2 is 1.84 bits per heavy atom. The van der Waals surface area contributed by atoms with Crippen molar-refractivity contribution in [2.75, 3.05) is 51.9 Å². The van der Waals surface area contributed by atoms with E-state index in [0.717, 1.165) is 4.90 Å². The number of hydrogen-bond acceptors (Lipinski definition) is 12. The van der Waals surface area contributed by atoms with Crippen molar-refractivity contribution in [1.82, 2.24) is 29.5 Å². The van der Waals surface area contributed by atoms with Crippen molar-refractivity contribution in [3.63, 3.8) is 0 Å². The van der Waals surface area contributed by atoms with Crippen LogP contribution in [0.3, 0.4) is 0 Å². The Balaban J connectivity index is 2.11. The Hall–Kier alpha value is -2.52. The molecule has 8 N–H and O–H groups in total. The molecule has 2 heterocycles. The number of imidazole rings is 1. The summed E-state index contributed by atoms with van der Waals surface area (Å²) in [6, 6.07) is -0.568. The fourth-order valence-corrected chi connectivity index (χ4v) is 4.25. The summed E-state index contributed by atoms with van der Waals surface area (Å²) in [6.45, 7) is -0.608. The number of anilines is 1. The molecule has 0 aliphatic rings. The summed E-state index contributed by atoms with van der Waals surface area (Å²) in [7, 11) is 2.28. The maximum absolute atomic E-state index is 13.1. The first-order valence-electron chi connectivity index (χ1n) is 11.6. The lowest BCUT2D eigenvalue weighted by Crippen LogP contribution is -2.48. The van der Waals surface area contributed by atoms with Crippen LogP contribution in [0.1, 0.15) is 6.92 Å². The number of amides is 1. The molecule has 1 amide bonds. The number of fused-ring (bicyclic) bond motifs is 1. The summed E-state index contributed by atoms with van der Waals surface area (Å²) in [5.74, 6) is -3.12. The van der Waals surface area contributed by atoms with Gasteiger partial charge in [-0.2, -0.15) is 0 Å². The number of carbonyl (C=O) groups is 2. The molecule has 0 bridgehead atoms. The molecule has 0 aliphatic heterocycles. The zero-order valence-electron chi connectivity index (χ0n) is 20.5. The molecular formula is C21H36N7O8P. The molecule has 0 radical (unpaired) electrons. The first kappa shape index (κ1) is 30.7. The van der Waals surface area contributed by atoms with Gasteiger partial charge in [0.15, 0.2) is 11.5 Å². The lowest BCUT2D eigenvalue weighted by Gasteiger charge is -2.34. The van der Waals surface area contributed by atoms with Gasteiger partial charge in [-0.3, -0.25) is 14.7 Å². The van der Waals surface area contributed by atoms with Gasteiger partial charge in [-0.15, -0.1) is 0 Å². The minimum atomic E-state index is -1.21. The number of nitrogens with two attached hydrogens (primary N) is 1. The second-order valence-corrected chi connectivity index (χ2v) is 9.08. The first-order chi connectivity index (χ1) is 17.7. The Morgan fingerprint density at radius 1 is 1.14 bits per heavy atom. The second kappa shape index (κ2) is 15.0. The molecule has 0 fully saturated rings. The lowest BCUT2D eigenvalue weighted by atomic mass is 9.80. The maximum atomic E-state index is 13.1. The molecule has 15 nitrogen and oxygen atoms in total. The molecule has 2 aromatic heterocycles. The summed E-state index contributed by atoms with van der Waals surface area (Å²) in [4.78, 5) is 37.7. The molecule has 0 spiro atoms. The van der Waals surface area contributed by atoms with E-state index in [1.165, 1.54) is 17.2 Å². The molecule has 0 saturated heterocycles. The van der Waals surface area contributed by atoms with E-state index in [1.54, 1.807) is 6.92 Å². The summed E-state index contributed by atoms with van der Waals surface area (Å²) < 4.78 is 7.27. The number of carbonyl (C=O) groups excluding carboxylic acids is 1. The highest BCUT2D eigenvalue weighted by atomic mass is 31.0. The first-order valence-corrected chi connectivity index (χ1v) is 12.2. The number of ether oxygens (including phenoxy) is 1. The fourth-order valence-electron chi connectivity index (χ4n) is 4.05. The summed E-state index contributed by atoms with van der Waals surface area (Å²) in [6.07, 6.45) is 1.73. The van der Waals surface area contributed by atoms with Gasteiger partial charge in [0.25, 0.3) is 0 Å². The second-order valence-electron chi connectivity index (χ2n) is 8.74. The number of carboxylic acids is 1. The highest BCUT2D eigenvalue weighted by Crippen LogP contribution is 2.25. The van der Waals surface area contributed by atoms with E-state index in [0.29, 0.717) is 11.2 Å². The van der Waals surface area contributed by atoms with Crippen molar-refractivity contribution in [3.05, 3.63) is 12.7 Å². The van der Waals surface area contributed by atoms with E-state index in [1.807, 2.05) is 0 Å². The van der Waals surface area contributed by atoms with Crippen molar-refractivity contribution >= 4 is 38.2 Å². The number of nitrogens with zero attached hydrogens (tertiary/aromatic N) is 5. The molecule has 0 aliphatic carbocycles. The van der Waals surface area contributed by atoms with Crippen LogP contribution in [0.2, 0.25) is 0 Å². The maximum Gasteiger partial charge on any atom is 0.323 e. The van der Waals surface area contributed by atoms with Crippen LogP contribution >= 0.6 is 9.39 Å². The van der Waals surface area contributed by atoms with E-state index in [2.05, 4.69) is 29.4 Å². The van der Waals surface area contributed by atoms with E-state index < -0.39 is 55.6 Å². The topological polar surface area (TPSA) is 229 Å². The SMILES string of the molecule is CC(CO)C(CO)C(CO)C(CO)OC[C@@H](CN(CC(=O)O)C(=O)Cn1cnc2c(N)ncnc21)NP. The predicted octanol–water partition coefficient (Wildman–Crippen LogP) is -2.71. The number of aromatic nitrogens is 4. The zero-order chi connectivity index (χ0) is 27.5. The number of aliphatic hydroxyl groups excluding tert-OH is 4. The van der Waals surface area contributed by atoms with E-state index >= 15 is 0 Å². The Morgan fingerprint density at radius 3 is 2.41 bits per heavy atom. The van der Waals surface area contributed by atoms with Gasteiger partial charge in [0.1, 0.15) is 24.9 Å². The minimum absolute atomic E-state index is 0.0575. The van der Waals surface area contributed by atoms with Crippen LogP contribution in [0, 0.1) is 17.8 Å². The Kier molecular flexibility index (Phi) is 12.5. The van der Waals surface area contributed by atoms with Crippen LogP contribution in [0.15, 0.2) is 12.7 Å². The molecule has 0 aromatic carbocycles. The molecule has 16 heteroatoms. The Labute approximate surface area is 215 Å². The number of carboxylic acid groups (broad SMARTS) is 1. The molecule has 6 atom stereocenters. The van der Waals surface area contributed by atoms with E-state index in [-0.39, 0.29) is 44.6 Å². The van der Waals surface area contributed by atoms with Gasteiger partial charge in [-0.25, -0.2) is 15.0 Å². The molecule has 37 heavy (non-hydrogen) atoms. The van der Waals surface area contributed by atoms with Crippen molar-refractivity contribution in [3.8, 4) is 0 Å². The number of nitrogens with one attached hydrogen (secondary N) is 1. The van der Waals surface area contributed by atoms with Gasteiger partial charge >= 0.3 is 5.97 Å². The van der Waals surface area contributed by atoms with Crippen LogP contribution in [0.4, 0.5) is 5.82 Å². The fraction of sp³-hybridized carbons (Fsp3) is 0.667. The van der Waals surface area contributed by atoms with E-state index in [9.17, 15) is 35.1 Å². The molecule has 208 valence electrons. The van der Waals surface area contributed by atoms with Crippen LogP contribution in [-0.2, 0) is 20.9 Å². The number of nitrogen functional groups attached to an aromatic ring is 1. The minimum Gasteiger partial charge on any atom is -0.480 e. The monoisotopic (exact) mass is 545 g/mol. The van der Waals surface area contributed by atoms with Gasteiger partial charge in [0.05, 0.1) is 31.7 Å². The van der Waals surface area contributed by atoms with Gasteiger partial charge in [0, 0.05) is 32.3 Å². The van der Waals surface area contributed by atoms with Crippen LogP contribution in [0.5, 0.6) is 0 Å². The molecule has 5 unspecified atom stereocenters. The number of aliphatic carboxylic acids is 1. The van der Waals surface area contributed by atoms with Crippen LogP contribution in [-0.4, -0.2) is 120 Å². The van der Waals surface area contributed by atoms with E-state index in [4.69, 9.17) is 10.5 Å². The third-order valence-corrected chi connectivity index (χ3v) is 6.72. The lowest BCUT2D eigenvalue weighted by molar-refractivity contribution is -0.145. The number of aliphatic hydroxyl groups is 4. The standard InChI is InChI=1S/C21H36N7O8P/c1-12(5-29)14(6-30)15(7-31)16(8-32)36-9-13(26-37)2-27(4-18(34)35)17(33)3-28-11-25-19-20(22)23-10-24-21(19)28/h10-16,26,29-32H,2-9,37H2,1H3,(H,34,35)(H2,22,23,24)/t12?,13-,14?,15?,16?/m1/s1. The number of rotatable bonds is 17. The smallest absolute Gasteiger partial charge is 0.323 e. The quantitative estimate of drug-likeness (QED) is 0.100. The molecule has 2 aromatic rings. The van der Waals surface area contributed by atoms with Crippen molar-refractivity contribution in [1.29, 1.82) is 0 Å². The zero-order valence-corrected chi connectivity index (χ0v) is 21.7. The predicted molar refractivity (Wildman–Crippen MR) is 135 cm³/mol. The average molecular weight is 546 g/mol. The third-order valence-electron chi connectivity index (χ3n) is 6.25. The largest absolute Gasteiger partial charge is 0.480 e. The van der Waals surface area contributed by atoms with Crippen molar-refractivity contribution in [2.24, 2.45) is 17.8 Å². The molecule has 0 saturated carbocycles.